The minimum absolute atomic E-state index is 0.0192. The van der Waals surface area contributed by atoms with Crippen LogP contribution >= 0.6 is 0 Å². The molecular formula is C22H28N6O3S. The SMILES string of the molecule is Cc1ccc(S(=O)(=O)N2CCN(C(=O)CCc3c(C)nc4ncnn4c3C)CC2)cc1C. The van der Waals surface area contributed by atoms with Crippen LogP contribution < -0.4 is 0 Å². The lowest BCUT2D eigenvalue weighted by Gasteiger charge is -2.34. The van der Waals surface area contributed by atoms with Crippen molar-refractivity contribution in [3.05, 3.63) is 52.6 Å². The van der Waals surface area contributed by atoms with Gasteiger partial charge in [0.15, 0.2) is 0 Å². The van der Waals surface area contributed by atoms with Crippen molar-refractivity contribution in [1.82, 2.24) is 28.8 Å². The molecule has 32 heavy (non-hydrogen) atoms. The molecule has 170 valence electrons. The number of aromatic nitrogens is 4. The zero-order valence-electron chi connectivity index (χ0n) is 18.9. The normalized spacial score (nSPS) is 15.4. The van der Waals surface area contributed by atoms with E-state index >= 15 is 0 Å². The molecule has 2 aromatic heterocycles. The minimum atomic E-state index is -3.56. The zero-order chi connectivity index (χ0) is 23.0. The molecule has 1 amide bonds. The third kappa shape index (κ3) is 4.12. The fraction of sp³-hybridized carbons (Fsp3) is 0.455. The average molecular weight is 457 g/mol. The highest BCUT2D eigenvalue weighted by Gasteiger charge is 2.30. The van der Waals surface area contributed by atoms with E-state index in [4.69, 9.17) is 0 Å². The van der Waals surface area contributed by atoms with Crippen molar-refractivity contribution in [2.45, 2.75) is 45.4 Å². The second-order valence-corrected chi connectivity index (χ2v) is 10.2. The number of fused-ring (bicyclic) bond motifs is 1. The molecule has 1 fully saturated rings. The van der Waals surface area contributed by atoms with Crippen LogP contribution in [0.25, 0.3) is 5.78 Å². The second-order valence-electron chi connectivity index (χ2n) is 8.26. The van der Waals surface area contributed by atoms with Gasteiger partial charge in [0.2, 0.25) is 15.9 Å². The number of hydrogen-bond donors (Lipinski definition) is 0. The summed E-state index contributed by atoms with van der Waals surface area (Å²) in [7, 11) is -3.56. The maximum atomic E-state index is 13.0. The molecule has 1 saturated heterocycles. The summed E-state index contributed by atoms with van der Waals surface area (Å²) < 4.78 is 29.2. The summed E-state index contributed by atoms with van der Waals surface area (Å²) in [6.45, 7) is 9.10. The lowest BCUT2D eigenvalue weighted by atomic mass is 10.1. The van der Waals surface area contributed by atoms with Crippen LogP contribution in [0.4, 0.5) is 0 Å². The number of sulfonamides is 1. The zero-order valence-corrected chi connectivity index (χ0v) is 19.7. The van der Waals surface area contributed by atoms with E-state index in [9.17, 15) is 13.2 Å². The van der Waals surface area contributed by atoms with Crippen molar-refractivity contribution < 1.29 is 13.2 Å². The number of benzene rings is 1. The summed E-state index contributed by atoms with van der Waals surface area (Å²) in [5.41, 5.74) is 4.78. The van der Waals surface area contributed by atoms with Gasteiger partial charge in [0.05, 0.1) is 4.90 Å². The maximum Gasteiger partial charge on any atom is 0.252 e. The highest BCUT2D eigenvalue weighted by atomic mass is 32.2. The van der Waals surface area contributed by atoms with E-state index in [0.717, 1.165) is 28.1 Å². The van der Waals surface area contributed by atoms with Gasteiger partial charge in [-0.2, -0.15) is 14.4 Å². The summed E-state index contributed by atoms with van der Waals surface area (Å²) in [5, 5.41) is 4.19. The molecule has 1 aliphatic heterocycles. The standard InChI is InChI=1S/C22H28N6O3S/c1-15-5-6-19(13-16(15)2)32(30,31)27-11-9-26(10-12-27)21(29)8-7-20-17(3)25-22-23-14-24-28(22)18(20)4/h5-6,13-14H,7-12H2,1-4H3. The van der Waals surface area contributed by atoms with E-state index in [1.165, 1.54) is 10.6 Å². The van der Waals surface area contributed by atoms with Gasteiger partial charge in [0, 0.05) is 44.0 Å². The van der Waals surface area contributed by atoms with E-state index in [2.05, 4.69) is 15.1 Å². The predicted octanol–water partition coefficient (Wildman–Crippen LogP) is 1.82. The Bertz CT molecular complexity index is 1280. The van der Waals surface area contributed by atoms with Gasteiger partial charge in [-0.3, -0.25) is 4.79 Å². The summed E-state index contributed by atoms with van der Waals surface area (Å²) in [6, 6.07) is 5.20. The molecular weight excluding hydrogens is 428 g/mol. The molecule has 1 aliphatic rings. The number of carbonyl (C=O) groups excluding carboxylic acids is 1. The molecule has 0 spiro atoms. The third-order valence-electron chi connectivity index (χ3n) is 6.28. The summed E-state index contributed by atoms with van der Waals surface area (Å²) in [6.07, 6.45) is 2.36. The smallest absolute Gasteiger partial charge is 0.252 e. The fourth-order valence-electron chi connectivity index (χ4n) is 4.11. The van der Waals surface area contributed by atoms with E-state index < -0.39 is 10.0 Å². The molecule has 0 saturated carbocycles. The monoisotopic (exact) mass is 456 g/mol. The van der Waals surface area contributed by atoms with Crippen molar-refractivity contribution in [2.75, 3.05) is 26.2 Å². The van der Waals surface area contributed by atoms with Crippen LogP contribution in [-0.2, 0) is 21.2 Å². The third-order valence-corrected chi connectivity index (χ3v) is 8.18. The number of aryl methyl sites for hydroxylation is 4. The van der Waals surface area contributed by atoms with Gasteiger partial charge in [0.25, 0.3) is 5.78 Å². The summed E-state index contributed by atoms with van der Waals surface area (Å²) in [5.74, 6) is 0.571. The van der Waals surface area contributed by atoms with Gasteiger partial charge >= 0.3 is 0 Å². The molecule has 3 aromatic rings. The Morgan fingerprint density at radius 1 is 1.03 bits per heavy atom. The van der Waals surface area contributed by atoms with Crippen LogP contribution in [0.3, 0.4) is 0 Å². The number of carbonyl (C=O) groups is 1. The first-order chi connectivity index (χ1) is 15.2. The van der Waals surface area contributed by atoms with Gasteiger partial charge in [-0.1, -0.05) is 6.07 Å². The molecule has 1 aromatic carbocycles. The number of nitrogens with zero attached hydrogens (tertiary/aromatic N) is 6. The Morgan fingerprint density at radius 3 is 2.44 bits per heavy atom. The van der Waals surface area contributed by atoms with Gasteiger partial charge in [-0.15, -0.1) is 0 Å². The van der Waals surface area contributed by atoms with Crippen molar-refractivity contribution >= 4 is 21.7 Å². The average Bonchev–Trinajstić information content (AvgIpc) is 3.24. The largest absolute Gasteiger partial charge is 0.340 e. The summed E-state index contributed by atoms with van der Waals surface area (Å²) in [4.78, 5) is 23.5. The van der Waals surface area contributed by atoms with Crippen LogP contribution in [-0.4, -0.2) is 69.3 Å². The highest BCUT2D eigenvalue weighted by Crippen LogP contribution is 2.21. The van der Waals surface area contributed by atoms with Crippen LogP contribution in [0.15, 0.2) is 29.4 Å². The van der Waals surface area contributed by atoms with Crippen molar-refractivity contribution in [2.24, 2.45) is 0 Å². The minimum Gasteiger partial charge on any atom is -0.340 e. The molecule has 10 heteroatoms. The number of rotatable bonds is 5. The second kappa shape index (κ2) is 8.59. The lowest BCUT2D eigenvalue weighted by molar-refractivity contribution is -0.132. The molecule has 4 rings (SSSR count). The maximum absolute atomic E-state index is 13.0. The molecule has 0 aliphatic carbocycles. The first-order valence-electron chi connectivity index (χ1n) is 10.7. The van der Waals surface area contributed by atoms with Gasteiger partial charge in [-0.05, 0) is 62.9 Å². The first-order valence-corrected chi connectivity index (χ1v) is 12.1. The van der Waals surface area contributed by atoms with E-state index in [1.807, 2.05) is 33.8 Å². The van der Waals surface area contributed by atoms with Crippen LogP contribution in [0, 0.1) is 27.7 Å². The van der Waals surface area contributed by atoms with Crippen LogP contribution in [0.5, 0.6) is 0 Å². The summed E-state index contributed by atoms with van der Waals surface area (Å²) >= 11 is 0. The topological polar surface area (TPSA) is 101 Å². The molecule has 0 N–H and O–H groups in total. The lowest BCUT2D eigenvalue weighted by Crippen LogP contribution is -2.50. The Hall–Kier alpha value is -2.85. The molecule has 0 unspecified atom stereocenters. The van der Waals surface area contributed by atoms with Crippen LogP contribution in [0.2, 0.25) is 0 Å². The predicted molar refractivity (Wildman–Crippen MR) is 120 cm³/mol. The Kier molecular flexibility index (Phi) is 6.00. The van der Waals surface area contributed by atoms with Crippen molar-refractivity contribution in [1.29, 1.82) is 0 Å². The Balaban J connectivity index is 1.38. The Labute approximate surface area is 188 Å². The van der Waals surface area contributed by atoms with Crippen molar-refractivity contribution in [3.63, 3.8) is 0 Å². The molecule has 9 nitrogen and oxygen atoms in total. The van der Waals surface area contributed by atoms with Gasteiger partial charge in [0.1, 0.15) is 6.33 Å². The van der Waals surface area contributed by atoms with E-state index in [1.54, 1.807) is 21.5 Å². The molecule has 0 bridgehead atoms. The fourth-order valence-corrected chi connectivity index (χ4v) is 5.62. The van der Waals surface area contributed by atoms with Gasteiger partial charge in [-0.25, -0.2) is 17.9 Å². The molecule has 0 atom stereocenters. The van der Waals surface area contributed by atoms with Crippen molar-refractivity contribution in [3.8, 4) is 0 Å². The molecule has 3 heterocycles. The molecule has 0 radical (unpaired) electrons. The van der Waals surface area contributed by atoms with Gasteiger partial charge < -0.3 is 4.90 Å². The number of piperazine rings is 1. The first kappa shape index (κ1) is 22.3. The highest BCUT2D eigenvalue weighted by molar-refractivity contribution is 7.89. The Morgan fingerprint density at radius 2 is 1.75 bits per heavy atom. The van der Waals surface area contributed by atoms with Crippen LogP contribution in [0.1, 0.15) is 34.5 Å². The number of amides is 1. The number of hydrogen-bond acceptors (Lipinski definition) is 6. The van der Waals surface area contributed by atoms with E-state index in [-0.39, 0.29) is 5.91 Å². The quantitative estimate of drug-likeness (QED) is 0.581. The van der Waals surface area contributed by atoms with E-state index in [0.29, 0.717) is 49.7 Å².